The molecule has 0 radical (unpaired) electrons. The Morgan fingerprint density at radius 3 is 2.61 bits per heavy atom. The van der Waals surface area contributed by atoms with Gasteiger partial charge in [-0.15, -0.1) is 0 Å². The molecule has 148 valence electrons. The number of benzene rings is 2. The van der Waals surface area contributed by atoms with Gasteiger partial charge in [0.15, 0.2) is 5.96 Å². The predicted octanol–water partition coefficient (Wildman–Crippen LogP) is 2.81. The molecule has 0 saturated heterocycles. The Kier molecular flexibility index (Phi) is 6.63. The van der Waals surface area contributed by atoms with E-state index in [9.17, 15) is 9.18 Å². The first-order chi connectivity index (χ1) is 13.6. The lowest BCUT2D eigenvalue weighted by Crippen LogP contribution is -2.41. The molecule has 3 rings (SSSR count). The minimum Gasteiger partial charge on any atom is -0.357 e. The minimum atomic E-state index is -0.249. The number of amides is 1. The van der Waals surface area contributed by atoms with Crippen molar-refractivity contribution in [1.82, 2.24) is 15.1 Å². The molecule has 0 spiro atoms. The van der Waals surface area contributed by atoms with Crippen LogP contribution >= 0.6 is 0 Å². The molecule has 1 heterocycles. The van der Waals surface area contributed by atoms with Crippen molar-refractivity contribution in [2.75, 3.05) is 26.7 Å². The highest BCUT2D eigenvalue weighted by atomic mass is 19.1. The van der Waals surface area contributed by atoms with E-state index in [-0.39, 0.29) is 18.3 Å². The number of hydrogen-bond acceptors (Lipinski definition) is 2. The molecule has 0 aliphatic carbocycles. The number of hydrogen-bond donors (Lipinski definition) is 1. The average Bonchev–Trinajstić information content (AvgIpc) is 2.72. The van der Waals surface area contributed by atoms with E-state index < -0.39 is 0 Å². The van der Waals surface area contributed by atoms with Crippen LogP contribution in [0, 0.1) is 5.82 Å². The molecule has 1 amide bonds. The number of rotatable bonds is 5. The Hall–Kier alpha value is -2.89. The van der Waals surface area contributed by atoms with E-state index >= 15 is 0 Å². The van der Waals surface area contributed by atoms with Crippen molar-refractivity contribution in [1.29, 1.82) is 0 Å². The molecular weight excluding hydrogens is 355 g/mol. The van der Waals surface area contributed by atoms with Gasteiger partial charge in [-0.05, 0) is 42.2 Å². The lowest BCUT2D eigenvalue weighted by Gasteiger charge is -2.29. The zero-order valence-electron chi connectivity index (χ0n) is 16.5. The number of carbonyl (C=O) groups excluding carboxylic acids is 1. The monoisotopic (exact) mass is 382 g/mol. The van der Waals surface area contributed by atoms with Gasteiger partial charge in [-0.3, -0.25) is 4.79 Å². The van der Waals surface area contributed by atoms with Crippen molar-refractivity contribution in [3.05, 3.63) is 71.0 Å². The molecule has 1 N–H and O–H groups in total. The maximum absolute atomic E-state index is 13.1. The number of carbonyl (C=O) groups is 1. The number of fused-ring (bicyclic) bond motifs is 1. The van der Waals surface area contributed by atoms with E-state index in [1.807, 2.05) is 35.9 Å². The van der Waals surface area contributed by atoms with Gasteiger partial charge in [-0.2, -0.15) is 0 Å². The molecule has 2 aromatic carbocycles. The standard InChI is InChI=1S/C22H27FN4O/c1-3-24-22(26(2)15-17-8-10-20(23)11-9-17)25-14-21(28)27-13-12-18-6-4-5-7-19(18)16-27/h4-11H,3,12-16H2,1-2H3,(H,24,25). The van der Waals surface area contributed by atoms with Crippen LogP contribution < -0.4 is 5.32 Å². The first-order valence-corrected chi connectivity index (χ1v) is 9.65. The molecule has 0 aromatic heterocycles. The maximum atomic E-state index is 13.1. The van der Waals surface area contributed by atoms with Crippen molar-refractivity contribution in [3.63, 3.8) is 0 Å². The second-order valence-corrected chi connectivity index (χ2v) is 6.99. The van der Waals surface area contributed by atoms with Crippen LogP contribution in [0.5, 0.6) is 0 Å². The highest BCUT2D eigenvalue weighted by molar-refractivity contribution is 5.85. The summed E-state index contributed by atoms with van der Waals surface area (Å²) in [5.41, 5.74) is 3.52. The van der Waals surface area contributed by atoms with Crippen molar-refractivity contribution < 1.29 is 9.18 Å². The number of halogens is 1. The number of nitrogens with one attached hydrogen (secondary N) is 1. The third kappa shape index (κ3) is 5.09. The first-order valence-electron chi connectivity index (χ1n) is 9.65. The third-order valence-electron chi connectivity index (χ3n) is 4.88. The largest absolute Gasteiger partial charge is 0.357 e. The number of nitrogens with zero attached hydrogens (tertiary/aromatic N) is 3. The smallest absolute Gasteiger partial charge is 0.244 e. The fraction of sp³-hybridized carbons (Fsp3) is 0.364. The van der Waals surface area contributed by atoms with Gasteiger partial charge in [-0.25, -0.2) is 9.38 Å². The van der Waals surface area contributed by atoms with Crippen LogP contribution in [0.25, 0.3) is 0 Å². The van der Waals surface area contributed by atoms with E-state index in [4.69, 9.17) is 0 Å². The fourth-order valence-corrected chi connectivity index (χ4v) is 3.36. The quantitative estimate of drug-likeness (QED) is 0.639. The van der Waals surface area contributed by atoms with E-state index in [0.29, 0.717) is 25.6 Å². The highest BCUT2D eigenvalue weighted by Gasteiger charge is 2.20. The van der Waals surface area contributed by atoms with E-state index in [2.05, 4.69) is 22.4 Å². The van der Waals surface area contributed by atoms with Crippen LogP contribution in [0.2, 0.25) is 0 Å². The molecule has 5 nitrogen and oxygen atoms in total. The molecular formula is C22H27FN4O. The van der Waals surface area contributed by atoms with Crippen LogP contribution in [-0.4, -0.2) is 48.3 Å². The molecule has 0 atom stereocenters. The summed E-state index contributed by atoms with van der Waals surface area (Å²) >= 11 is 0. The van der Waals surface area contributed by atoms with Gasteiger partial charge in [-0.1, -0.05) is 36.4 Å². The second-order valence-electron chi connectivity index (χ2n) is 6.99. The van der Waals surface area contributed by atoms with Gasteiger partial charge in [0.25, 0.3) is 0 Å². The normalized spacial score (nSPS) is 13.8. The van der Waals surface area contributed by atoms with Gasteiger partial charge >= 0.3 is 0 Å². The average molecular weight is 382 g/mol. The van der Waals surface area contributed by atoms with E-state index in [0.717, 1.165) is 18.5 Å². The molecule has 0 saturated carbocycles. The Labute approximate surface area is 165 Å². The molecule has 2 aromatic rings. The lowest BCUT2D eigenvalue weighted by atomic mass is 10.00. The van der Waals surface area contributed by atoms with Crippen molar-refractivity contribution in [2.24, 2.45) is 4.99 Å². The van der Waals surface area contributed by atoms with Crippen LogP contribution in [0.3, 0.4) is 0 Å². The Morgan fingerprint density at radius 1 is 1.18 bits per heavy atom. The van der Waals surface area contributed by atoms with Crippen molar-refractivity contribution in [2.45, 2.75) is 26.4 Å². The third-order valence-corrected chi connectivity index (χ3v) is 4.88. The van der Waals surface area contributed by atoms with Gasteiger partial charge < -0.3 is 15.1 Å². The first kappa shape index (κ1) is 19.9. The predicted molar refractivity (Wildman–Crippen MR) is 109 cm³/mol. The van der Waals surface area contributed by atoms with Crippen LogP contribution in [0.15, 0.2) is 53.5 Å². The molecule has 28 heavy (non-hydrogen) atoms. The lowest BCUT2D eigenvalue weighted by molar-refractivity contribution is -0.130. The van der Waals surface area contributed by atoms with Gasteiger partial charge in [0.05, 0.1) is 0 Å². The van der Waals surface area contributed by atoms with Crippen LogP contribution in [-0.2, 0) is 24.3 Å². The Morgan fingerprint density at radius 2 is 1.89 bits per heavy atom. The SMILES string of the molecule is CCNC(=NCC(=O)N1CCc2ccccc2C1)N(C)Cc1ccc(F)cc1. The Bertz CT molecular complexity index is 835. The van der Waals surface area contributed by atoms with Crippen molar-refractivity contribution in [3.8, 4) is 0 Å². The summed E-state index contributed by atoms with van der Waals surface area (Å²) in [6.45, 7) is 4.76. The summed E-state index contributed by atoms with van der Waals surface area (Å²) < 4.78 is 13.1. The highest BCUT2D eigenvalue weighted by Crippen LogP contribution is 2.18. The topological polar surface area (TPSA) is 47.9 Å². The van der Waals surface area contributed by atoms with E-state index in [1.54, 1.807) is 12.1 Å². The minimum absolute atomic E-state index is 0.0279. The molecule has 1 aliphatic rings. The molecule has 6 heteroatoms. The molecule has 1 aliphatic heterocycles. The zero-order valence-corrected chi connectivity index (χ0v) is 16.5. The summed E-state index contributed by atoms with van der Waals surface area (Å²) in [5, 5.41) is 3.22. The summed E-state index contributed by atoms with van der Waals surface area (Å²) in [6.07, 6.45) is 0.885. The fourth-order valence-electron chi connectivity index (χ4n) is 3.36. The maximum Gasteiger partial charge on any atom is 0.244 e. The summed E-state index contributed by atoms with van der Waals surface area (Å²) in [7, 11) is 1.91. The molecule has 0 fully saturated rings. The zero-order chi connectivity index (χ0) is 19.9. The van der Waals surface area contributed by atoms with Gasteiger partial charge in [0, 0.05) is 33.2 Å². The van der Waals surface area contributed by atoms with Gasteiger partial charge in [0.1, 0.15) is 12.4 Å². The number of aliphatic imine (C=N–C) groups is 1. The van der Waals surface area contributed by atoms with E-state index in [1.165, 1.54) is 23.3 Å². The van der Waals surface area contributed by atoms with Crippen LogP contribution in [0.4, 0.5) is 4.39 Å². The number of guanidine groups is 1. The second kappa shape index (κ2) is 9.35. The van der Waals surface area contributed by atoms with Crippen molar-refractivity contribution >= 4 is 11.9 Å². The molecule has 0 unspecified atom stereocenters. The van der Waals surface area contributed by atoms with Crippen LogP contribution in [0.1, 0.15) is 23.6 Å². The molecule has 0 bridgehead atoms. The summed E-state index contributed by atoms with van der Waals surface area (Å²) in [4.78, 5) is 21.0. The Balaban J connectivity index is 1.62. The summed E-state index contributed by atoms with van der Waals surface area (Å²) in [5.74, 6) is 0.443. The van der Waals surface area contributed by atoms with Gasteiger partial charge in [0.2, 0.25) is 5.91 Å². The summed E-state index contributed by atoms with van der Waals surface area (Å²) in [6, 6.07) is 14.7.